The summed E-state index contributed by atoms with van der Waals surface area (Å²) >= 11 is 0. The summed E-state index contributed by atoms with van der Waals surface area (Å²) < 4.78 is 5.40. The van der Waals surface area contributed by atoms with Gasteiger partial charge in [0.1, 0.15) is 5.60 Å². The number of hydrogen-bond donors (Lipinski definition) is 1. The van der Waals surface area contributed by atoms with Gasteiger partial charge >= 0.3 is 6.09 Å². The molecule has 0 spiro atoms. The molecule has 1 fully saturated rings. The van der Waals surface area contributed by atoms with Crippen molar-refractivity contribution in [2.75, 3.05) is 18.4 Å². The molecule has 2 amide bonds. The molecular weight excluding hydrogens is 316 g/mol. The SMILES string of the molecule is Cc1cccc(NC(=O)CC2CCN(C(=O)OC(C)(C)C)CC2)c1C. The summed E-state index contributed by atoms with van der Waals surface area (Å²) in [6, 6.07) is 5.93. The molecule has 0 bridgehead atoms. The van der Waals surface area contributed by atoms with Gasteiger partial charge in [-0.3, -0.25) is 4.79 Å². The van der Waals surface area contributed by atoms with Crippen LogP contribution in [0.1, 0.15) is 51.2 Å². The predicted molar refractivity (Wildman–Crippen MR) is 99.7 cm³/mol. The van der Waals surface area contributed by atoms with Gasteiger partial charge in [-0.05, 0) is 70.6 Å². The van der Waals surface area contributed by atoms with Crippen LogP contribution in [0.5, 0.6) is 0 Å². The molecule has 138 valence electrons. The van der Waals surface area contributed by atoms with Crippen molar-refractivity contribution in [2.45, 2.75) is 59.5 Å². The van der Waals surface area contributed by atoms with E-state index in [0.717, 1.165) is 24.1 Å². The molecule has 0 aromatic heterocycles. The van der Waals surface area contributed by atoms with Crippen molar-refractivity contribution < 1.29 is 14.3 Å². The highest BCUT2D eigenvalue weighted by Gasteiger charge is 2.27. The van der Waals surface area contributed by atoms with E-state index in [0.29, 0.717) is 25.4 Å². The van der Waals surface area contributed by atoms with E-state index in [1.165, 1.54) is 5.56 Å². The number of likely N-dealkylation sites (tertiary alicyclic amines) is 1. The zero-order valence-electron chi connectivity index (χ0n) is 16.0. The topological polar surface area (TPSA) is 58.6 Å². The Balaban J connectivity index is 1.80. The van der Waals surface area contributed by atoms with Crippen LogP contribution in [0.15, 0.2) is 18.2 Å². The number of piperidine rings is 1. The number of amides is 2. The Kier molecular flexibility index (Phi) is 6.09. The number of hydrogen-bond acceptors (Lipinski definition) is 3. The molecule has 2 rings (SSSR count). The highest BCUT2D eigenvalue weighted by atomic mass is 16.6. The van der Waals surface area contributed by atoms with Gasteiger partial charge in [0.15, 0.2) is 0 Å². The minimum Gasteiger partial charge on any atom is -0.444 e. The van der Waals surface area contributed by atoms with Crippen molar-refractivity contribution >= 4 is 17.7 Å². The Morgan fingerprint density at radius 2 is 1.84 bits per heavy atom. The molecule has 0 radical (unpaired) electrons. The Labute approximate surface area is 150 Å². The number of carbonyl (C=O) groups is 2. The average Bonchev–Trinajstić information content (AvgIpc) is 2.51. The molecule has 0 saturated carbocycles. The van der Waals surface area contributed by atoms with E-state index >= 15 is 0 Å². The van der Waals surface area contributed by atoms with Crippen molar-refractivity contribution in [2.24, 2.45) is 5.92 Å². The third-order valence-electron chi connectivity index (χ3n) is 4.62. The van der Waals surface area contributed by atoms with Gasteiger partial charge in [0, 0.05) is 25.2 Å². The molecule has 1 saturated heterocycles. The normalized spacial score (nSPS) is 15.8. The summed E-state index contributed by atoms with van der Waals surface area (Å²) in [4.78, 5) is 26.1. The fourth-order valence-corrected chi connectivity index (χ4v) is 3.00. The number of rotatable bonds is 3. The van der Waals surface area contributed by atoms with Crippen LogP contribution in [-0.4, -0.2) is 35.6 Å². The Hall–Kier alpha value is -2.04. The first kappa shape index (κ1) is 19.3. The Morgan fingerprint density at radius 1 is 1.20 bits per heavy atom. The number of aryl methyl sites for hydroxylation is 1. The summed E-state index contributed by atoms with van der Waals surface area (Å²) in [5.41, 5.74) is 2.69. The lowest BCUT2D eigenvalue weighted by molar-refractivity contribution is -0.117. The number of ether oxygens (including phenoxy) is 1. The van der Waals surface area contributed by atoms with Crippen molar-refractivity contribution in [3.05, 3.63) is 29.3 Å². The van der Waals surface area contributed by atoms with E-state index in [1.54, 1.807) is 4.90 Å². The largest absolute Gasteiger partial charge is 0.444 e. The van der Waals surface area contributed by atoms with Crippen LogP contribution in [-0.2, 0) is 9.53 Å². The Morgan fingerprint density at radius 3 is 2.44 bits per heavy atom. The first-order valence-corrected chi connectivity index (χ1v) is 8.99. The zero-order valence-corrected chi connectivity index (χ0v) is 16.0. The maximum Gasteiger partial charge on any atom is 0.410 e. The van der Waals surface area contributed by atoms with Gasteiger partial charge in [-0.15, -0.1) is 0 Å². The van der Waals surface area contributed by atoms with Crippen LogP contribution < -0.4 is 5.32 Å². The van der Waals surface area contributed by atoms with Gasteiger partial charge in [-0.2, -0.15) is 0 Å². The highest BCUT2D eigenvalue weighted by molar-refractivity contribution is 5.91. The van der Waals surface area contributed by atoms with Crippen LogP contribution in [0.2, 0.25) is 0 Å². The number of nitrogens with zero attached hydrogens (tertiary/aromatic N) is 1. The quantitative estimate of drug-likeness (QED) is 0.889. The summed E-state index contributed by atoms with van der Waals surface area (Å²) in [5.74, 6) is 0.355. The van der Waals surface area contributed by atoms with Crippen LogP contribution >= 0.6 is 0 Å². The van der Waals surface area contributed by atoms with Crippen molar-refractivity contribution in [3.63, 3.8) is 0 Å². The van der Waals surface area contributed by atoms with E-state index in [4.69, 9.17) is 4.74 Å². The molecule has 0 unspecified atom stereocenters. The van der Waals surface area contributed by atoms with Crippen LogP contribution in [0.25, 0.3) is 0 Å². The fraction of sp³-hybridized carbons (Fsp3) is 0.600. The summed E-state index contributed by atoms with van der Waals surface area (Å²) in [7, 11) is 0. The molecule has 25 heavy (non-hydrogen) atoms. The fourth-order valence-electron chi connectivity index (χ4n) is 3.00. The van der Waals surface area contributed by atoms with Crippen molar-refractivity contribution in [1.82, 2.24) is 4.90 Å². The lowest BCUT2D eigenvalue weighted by atomic mass is 9.93. The monoisotopic (exact) mass is 346 g/mol. The smallest absolute Gasteiger partial charge is 0.410 e. The van der Waals surface area contributed by atoms with Crippen LogP contribution in [0.3, 0.4) is 0 Å². The maximum absolute atomic E-state index is 12.3. The molecule has 5 nitrogen and oxygen atoms in total. The van der Waals surface area contributed by atoms with Gasteiger partial charge in [-0.25, -0.2) is 4.79 Å². The van der Waals surface area contributed by atoms with Crippen molar-refractivity contribution in [3.8, 4) is 0 Å². The van der Waals surface area contributed by atoms with E-state index < -0.39 is 5.60 Å². The number of nitrogens with one attached hydrogen (secondary N) is 1. The van der Waals surface area contributed by atoms with Gasteiger partial charge in [0.25, 0.3) is 0 Å². The number of carbonyl (C=O) groups excluding carboxylic acids is 2. The van der Waals surface area contributed by atoms with E-state index in [1.807, 2.05) is 52.8 Å². The molecule has 1 aromatic rings. The summed E-state index contributed by atoms with van der Waals surface area (Å²) in [6.07, 6.45) is 1.90. The standard InChI is InChI=1S/C20H30N2O3/c1-14-7-6-8-17(15(14)2)21-18(23)13-16-9-11-22(12-10-16)19(24)25-20(3,4)5/h6-8,16H,9-13H2,1-5H3,(H,21,23). The average molecular weight is 346 g/mol. The van der Waals surface area contributed by atoms with Gasteiger partial charge in [-0.1, -0.05) is 12.1 Å². The number of benzene rings is 1. The van der Waals surface area contributed by atoms with Gasteiger partial charge < -0.3 is 15.0 Å². The van der Waals surface area contributed by atoms with Crippen LogP contribution in [0, 0.1) is 19.8 Å². The lowest BCUT2D eigenvalue weighted by Crippen LogP contribution is -2.42. The lowest BCUT2D eigenvalue weighted by Gasteiger charge is -2.33. The highest BCUT2D eigenvalue weighted by Crippen LogP contribution is 2.24. The molecule has 1 aromatic carbocycles. The molecule has 5 heteroatoms. The second-order valence-electron chi connectivity index (χ2n) is 7.91. The molecule has 1 N–H and O–H groups in total. The van der Waals surface area contributed by atoms with Gasteiger partial charge in [0.05, 0.1) is 0 Å². The molecule has 0 aliphatic carbocycles. The Bertz CT molecular complexity index is 626. The first-order chi connectivity index (χ1) is 11.7. The minimum absolute atomic E-state index is 0.0458. The third kappa shape index (κ3) is 5.76. The molecule has 1 aliphatic heterocycles. The first-order valence-electron chi connectivity index (χ1n) is 8.99. The van der Waals surface area contributed by atoms with Crippen molar-refractivity contribution in [1.29, 1.82) is 0 Å². The van der Waals surface area contributed by atoms with Crippen LogP contribution in [0.4, 0.5) is 10.5 Å². The molecule has 0 atom stereocenters. The summed E-state index contributed by atoms with van der Waals surface area (Å²) in [6.45, 7) is 11.0. The third-order valence-corrected chi connectivity index (χ3v) is 4.62. The second kappa shape index (κ2) is 7.89. The minimum atomic E-state index is -0.473. The zero-order chi connectivity index (χ0) is 18.6. The van der Waals surface area contributed by atoms with E-state index in [2.05, 4.69) is 5.32 Å². The predicted octanol–water partition coefficient (Wildman–Crippen LogP) is 4.28. The molecule has 1 heterocycles. The molecule has 1 aliphatic rings. The maximum atomic E-state index is 12.3. The van der Waals surface area contributed by atoms with E-state index in [9.17, 15) is 9.59 Å². The number of anilines is 1. The summed E-state index contributed by atoms with van der Waals surface area (Å²) in [5, 5.41) is 3.02. The van der Waals surface area contributed by atoms with E-state index in [-0.39, 0.29) is 12.0 Å². The second-order valence-corrected chi connectivity index (χ2v) is 7.91. The molecular formula is C20H30N2O3. The van der Waals surface area contributed by atoms with Gasteiger partial charge in [0.2, 0.25) is 5.91 Å².